The van der Waals surface area contributed by atoms with E-state index in [1.165, 1.54) is 6.42 Å². The van der Waals surface area contributed by atoms with Crippen LogP contribution in [0.5, 0.6) is 0 Å². The fraction of sp³-hybridized carbons (Fsp3) is 0.471. The maximum Gasteiger partial charge on any atom is 0.178 e. The Bertz CT molecular complexity index is 614. The molecule has 1 N–H and O–H groups in total. The maximum atomic E-state index is 12.5. The van der Waals surface area contributed by atoms with Gasteiger partial charge in [-0.25, -0.2) is 0 Å². The fourth-order valence-corrected chi connectivity index (χ4v) is 3.09. The largest absolute Gasteiger partial charge is 0.381 e. The predicted molar refractivity (Wildman–Crippen MR) is 83.7 cm³/mol. The van der Waals surface area contributed by atoms with E-state index in [0.29, 0.717) is 12.5 Å². The van der Waals surface area contributed by atoms with E-state index in [1.807, 2.05) is 37.5 Å². The van der Waals surface area contributed by atoms with Gasteiger partial charge in [-0.2, -0.15) is 0 Å². The van der Waals surface area contributed by atoms with Crippen LogP contribution in [0.15, 0.2) is 30.5 Å². The number of benzene rings is 1. The molecule has 3 rings (SSSR count). The van der Waals surface area contributed by atoms with Gasteiger partial charge in [-0.3, -0.25) is 9.69 Å². The van der Waals surface area contributed by atoms with Crippen LogP contribution in [-0.4, -0.2) is 49.0 Å². The Morgan fingerprint density at radius 3 is 3.10 bits per heavy atom. The van der Waals surface area contributed by atoms with E-state index in [9.17, 15) is 4.79 Å². The van der Waals surface area contributed by atoms with E-state index >= 15 is 0 Å². The molecule has 1 unspecified atom stereocenters. The van der Waals surface area contributed by atoms with Crippen molar-refractivity contribution in [2.75, 3.05) is 33.4 Å². The van der Waals surface area contributed by atoms with Crippen molar-refractivity contribution in [3.8, 4) is 0 Å². The highest BCUT2D eigenvalue weighted by molar-refractivity contribution is 6.08. The zero-order valence-electron chi connectivity index (χ0n) is 12.5. The summed E-state index contributed by atoms with van der Waals surface area (Å²) in [6, 6.07) is 7.93. The molecule has 4 nitrogen and oxygen atoms in total. The minimum absolute atomic E-state index is 0.173. The van der Waals surface area contributed by atoms with Crippen molar-refractivity contribution in [3.05, 3.63) is 36.0 Å². The topological polar surface area (TPSA) is 45.3 Å². The number of likely N-dealkylation sites (N-methyl/N-ethyl adjacent to an activating group) is 1. The Morgan fingerprint density at radius 1 is 1.43 bits per heavy atom. The quantitative estimate of drug-likeness (QED) is 0.860. The number of carbonyl (C=O) groups is 1. The normalized spacial score (nSPS) is 19.2. The Morgan fingerprint density at radius 2 is 2.29 bits per heavy atom. The first-order valence-corrected chi connectivity index (χ1v) is 7.59. The van der Waals surface area contributed by atoms with Crippen molar-refractivity contribution in [1.29, 1.82) is 0 Å². The van der Waals surface area contributed by atoms with Gasteiger partial charge in [0.25, 0.3) is 0 Å². The van der Waals surface area contributed by atoms with E-state index in [-0.39, 0.29) is 5.78 Å². The van der Waals surface area contributed by atoms with Crippen LogP contribution in [0.1, 0.15) is 23.2 Å². The number of nitrogens with one attached hydrogen (secondary N) is 1. The summed E-state index contributed by atoms with van der Waals surface area (Å²) in [5.41, 5.74) is 1.81. The number of carbonyl (C=O) groups excluding carboxylic acids is 1. The third kappa shape index (κ3) is 3.34. The second-order valence-electron chi connectivity index (χ2n) is 5.95. The molecule has 4 heteroatoms. The molecule has 21 heavy (non-hydrogen) atoms. The Hall–Kier alpha value is -1.65. The van der Waals surface area contributed by atoms with Crippen LogP contribution in [-0.2, 0) is 4.74 Å². The smallest absolute Gasteiger partial charge is 0.178 e. The van der Waals surface area contributed by atoms with Crippen LogP contribution in [0.25, 0.3) is 10.9 Å². The maximum absolute atomic E-state index is 12.5. The van der Waals surface area contributed by atoms with Crippen molar-refractivity contribution in [2.45, 2.75) is 12.8 Å². The van der Waals surface area contributed by atoms with Crippen LogP contribution in [0.4, 0.5) is 0 Å². The lowest BCUT2D eigenvalue weighted by atomic mass is 10.0. The first-order valence-electron chi connectivity index (χ1n) is 7.59. The van der Waals surface area contributed by atoms with Gasteiger partial charge < -0.3 is 9.72 Å². The molecule has 0 bridgehead atoms. The van der Waals surface area contributed by atoms with Crippen molar-refractivity contribution in [3.63, 3.8) is 0 Å². The first kappa shape index (κ1) is 14.3. The molecule has 1 atom stereocenters. The van der Waals surface area contributed by atoms with E-state index in [2.05, 4.69) is 9.88 Å². The number of ether oxygens (including phenoxy) is 1. The lowest BCUT2D eigenvalue weighted by Gasteiger charge is -2.26. The number of H-pyrrole nitrogens is 1. The molecule has 1 aliphatic rings. The summed E-state index contributed by atoms with van der Waals surface area (Å²) < 4.78 is 5.50. The summed E-state index contributed by atoms with van der Waals surface area (Å²) in [4.78, 5) is 17.8. The summed E-state index contributed by atoms with van der Waals surface area (Å²) in [6.07, 6.45) is 4.16. The highest BCUT2D eigenvalue weighted by atomic mass is 16.5. The fourth-order valence-electron chi connectivity index (χ4n) is 3.09. The Labute approximate surface area is 125 Å². The molecule has 2 aromatic rings. The van der Waals surface area contributed by atoms with E-state index < -0.39 is 0 Å². The number of hydrogen-bond acceptors (Lipinski definition) is 3. The van der Waals surface area contributed by atoms with Crippen LogP contribution < -0.4 is 0 Å². The Kier molecular flexibility index (Phi) is 4.36. The van der Waals surface area contributed by atoms with Crippen molar-refractivity contribution >= 4 is 16.7 Å². The molecule has 1 aromatic carbocycles. The molecule has 0 spiro atoms. The van der Waals surface area contributed by atoms with Crippen molar-refractivity contribution in [1.82, 2.24) is 9.88 Å². The van der Waals surface area contributed by atoms with Crippen LogP contribution in [0.3, 0.4) is 0 Å². The molecule has 112 valence electrons. The number of aromatic nitrogens is 1. The second-order valence-corrected chi connectivity index (χ2v) is 5.95. The molecular formula is C17H22N2O2. The molecule has 1 fully saturated rings. The number of para-hydroxylation sites is 1. The van der Waals surface area contributed by atoms with Gasteiger partial charge in [0.2, 0.25) is 0 Å². The minimum atomic E-state index is 0.173. The number of nitrogens with zero attached hydrogens (tertiary/aromatic N) is 1. The average molecular weight is 286 g/mol. The van der Waals surface area contributed by atoms with Crippen LogP contribution in [0.2, 0.25) is 0 Å². The molecule has 1 saturated heterocycles. The number of Topliss-reactive ketones (excluding diaryl/α,β-unsaturated/α-hetero) is 1. The Balaban J connectivity index is 1.62. The highest BCUT2D eigenvalue weighted by Gasteiger charge is 2.19. The van der Waals surface area contributed by atoms with E-state index in [0.717, 1.165) is 42.6 Å². The van der Waals surface area contributed by atoms with Gasteiger partial charge >= 0.3 is 0 Å². The monoisotopic (exact) mass is 286 g/mol. The lowest BCUT2D eigenvalue weighted by molar-refractivity contribution is 0.0416. The van der Waals surface area contributed by atoms with Gasteiger partial charge in [0, 0.05) is 35.8 Å². The second kappa shape index (κ2) is 6.41. The van der Waals surface area contributed by atoms with E-state index in [1.54, 1.807) is 0 Å². The highest BCUT2D eigenvalue weighted by Crippen LogP contribution is 2.19. The van der Waals surface area contributed by atoms with Gasteiger partial charge in [-0.05, 0) is 31.9 Å². The predicted octanol–water partition coefficient (Wildman–Crippen LogP) is 2.71. The number of hydrogen-bond donors (Lipinski definition) is 1. The van der Waals surface area contributed by atoms with Gasteiger partial charge in [0.05, 0.1) is 13.2 Å². The van der Waals surface area contributed by atoms with Gasteiger partial charge in [0.1, 0.15) is 0 Å². The summed E-state index contributed by atoms with van der Waals surface area (Å²) in [5, 5.41) is 1.01. The third-order valence-electron chi connectivity index (χ3n) is 4.13. The molecule has 0 radical (unpaired) electrons. The minimum Gasteiger partial charge on any atom is -0.381 e. The standard InChI is InChI=1S/C17H22N2O2/c1-19(10-13-5-4-8-21-12-13)11-17(20)15-9-18-16-7-3-2-6-14(15)16/h2-3,6-7,9,13,18H,4-5,8,10-12H2,1H3. The zero-order valence-corrected chi connectivity index (χ0v) is 12.5. The summed E-state index contributed by atoms with van der Waals surface area (Å²) in [7, 11) is 2.02. The van der Waals surface area contributed by atoms with Gasteiger partial charge in [-0.15, -0.1) is 0 Å². The molecule has 2 heterocycles. The SMILES string of the molecule is CN(CC(=O)c1c[nH]c2ccccc12)CC1CCCOC1. The number of rotatable bonds is 5. The number of fused-ring (bicyclic) bond motifs is 1. The molecule has 0 saturated carbocycles. The van der Waals surface area contributed by atoms with Crippen LogP contribution >= 0.6 is 0 Å². The van der Waals surface area contributed by atoms with Gasteiger partial charge in [0.15, 0.2) is 5.78 Å². The third-order valence-corrected chi connectivity index (χ3v) is 4.13. The summed E-state index contributed by atoms with van der Waals surface area (Å²) in [6.45, 7) is 3.09. The molecule has 0 amide bonds. The van der Waals surface area contributed by atoms with Crippen molar-refractivity contribution in [2.24, 2.45) is 5.92 Å². The van der Waals surface area contributed by atoms with Crippen LogP contribution in [0, 0.1) is 5.92 Å². The average Bonchev–Trinajstić information content (AvgIpc) is 2.92. The van der Waals surface area contributed by atoms with Crippen molar-refractivity contribution < 1.29 is 9.53 Å². The first-order chi connectivity index (χ1) is 10.2. The number of ketones is 1. The zero-order chi connectivity index (χ0) is 14.7. The molecule has 1 aliphatic heterocycles. The summed E-state index contributed by atoms with van der Waals surface area (Å²) in [5.74, 6) is 0.728. The number of aromatic amines is 1. The lowest BCUT2D eigenvalue weighted by Crippen LogP contribution is -2.34. The summed E-state index contributed by atoms with van der Waals surface area (Å²) >= 11 is 0. The van der Waals surface area contributed by atoms with E-state index in [4.69, 9.17) is 4.74 Å². The molecular weight excluding hydrogens is 264 g/mol. The molecule has 0 aliphatic carbocycles. The van der Waals surface area contributed by atoms with Gasteiger partial charge in [-0.1, -0.05) is 18.2 Å². The molecule has 1 aromatic heterocycles.